The summed E-state index contributed by atoms with van der Waals surface area (Å²) in [5, 5.41) is 9.96. The van der Waals surface area contributed by atoms with E-state index in [1.54, 1.807) is 4.68 Å². The molecule has 2 aromatic heterocycles. The number of aromatic nitrogens is 2. The number of hydrogen-bond donors (Lipinski definition) is 1. The summed E-state index contributed by atoms with van der Waals surface area (Å²) in [5.74, 6) is 1.08. The van der Waals surface area contributed by atoms with Crippen molar-refractivity contribution < 1.29 is 9.53 Å². The first-order chi connectivity index (χ1) is 15.0. The molecule has 0 aliphatic heterocycles. The van der Waals surface area contributed by atoms with Crippen molar-refractivity contribution in [3.8, 4) is 5.75 Å². The van der Waals surface area contributed by atoms with Gasteiger partial charge in [-0.1, -0.05) is 35.9 Å². The molecule has 1 amide bonds. The van der Waals surface area contributed by atoms with Crippen molar-refractivity contribution in [3.05, 3.63) is 97.2 Å². The first-order valence-corrected chi connectivity index (χ1v) is 11.6. The van der Waals surface area contributed by atoms with Crippen molar-refractivity contribution in [2.24, 2.45) is 0 Å². The maximum atomic E-state index is 12.7. The molecule has 0 aliphatic rings. The molecule has 1 N–H and O–H groups in total. The van der Waals surface area contributed by atoms with Crippen LogP contribution >= 0.6 is 38.9 Å². The summed E-state index contributed by atoms with van der Waals surface area (Å²) in [6.45, 7) is 3.01. The summed E-state index contributed by atoms with van der Waals surface area (Å²) in [6, 6.07) is 17.3. The van der Waals surface area contributed by atoms with Gasteiger partial charge in [0.05, 0.1) is 15.9 Å². The molecule has 8 heteroatoms. The molecule has 5 nitrogen and oxygen atoms in total. The fourth-order valence-corrected chi connectivity index (χ4v) is 4.28. The van der Waals surface area contributed by atoms with E-state index < -0.39 is 0 Å². The molecule has 2 heterocycles. The lowest BCUT2D eigenvalue weighted by molar-refractivity contribution is 0.103. The Labute approximate surface area is 197 Å². The predicted molar refractivity (Wildman–Crippen MR) is 128 cm³/mol. The van der Waals surface area contributed by atoms with Crippen LogP contribution in [0, 0.1) is 6.92 Å². The van der Waals surface area contributed by atoms with Crippen LogP contribution in [-0.4, -0.2) is 15.7 Å². The van der Waals surface area contributed by atoms with Crippen LogP contribution in [0.25, 0.3) is 0 Å². The summed E-state index contributed by atoms with van der Waals surface area (Å²) in [6.07, 6.45) is 1.83. The van der Waals surface area contributed by atoms with E-state index in [2.05, 4.69) is 26.3 Å². The monoisotopic (exact) mass is 515 g/mol. The van der Waals surface area contributed by atoms with Crippen molar-refractivity contribution in [2.75, 3.05) is 5.32 Å². The van der Waals surface area contributed by atoms with Gasteiger partial charge < -0.3 is 10.1 Å². The summed E-state index contributed by atoms with van der Waals surface area (Å²) < 4.78 is 8.29. The van der Waals surface area contributed by atoms with E-state index in [4.69, 9.17) is 16.3 Å². The van der Waals surface area contributed by atoms with E-state index in [-0.39, 0.29) is 5.91 Å². The van der Waals surface area contributed by atoms with Gasteiger partial charge in [0, 0.05) is 16.8 Å². The van der Waals surface area contributed by atoms with Crippen LogP contribution in [0.15, 0.2) is 70.6 Å². The molecule has 158 valence electrons. The second-order valence-electron chi connectivity index (χ2n) is 7.03. The first kappa shape index (κ1) is 21.6. The summed E-state index contributed by atoms with van der Waals surface area (Å²) >= 11 is 10.8. The average molecular weight is 517 g/mol. The molecular weight excluding hydrogens is 498 g/mol. The lowest BCUT2D eigenvalue weighted by Crippen LogP contribution is -2.11. The number of carbonyl (C=O) groups is 1. The Hall–Kier alpha value is -2.61. The van der Waals surface area contributed by atoms with Gasteiger partial charge >= 0.3 is 0 Å². The molecule has 0 fully saturated rings. The van der Waals surface area contributed by atoms with Crippen molar-refractivity contribution >= 4 is 50.6 Å². The van der Waals surface area contributed by atoms with Crippen LogP contribution in [0.4, 0.5) is 5.82 Å². The van der Waals surface area contributed by atoms with E-state index >= 15 is 0 Å². The molecule has 4 rings (SSSR count). The third-order valence-electron chi connectivity index (χ3n) is 4.48. The topological polar surface area (TPSA) is 56.1 Å². The van der Waals surface area contributed by atoms with Crippen LogP contribution in [0.3, 0.4) is 0 Å². The predicted octanol–water partition coefficient (Wildman–Crippen LogP) is 6.55. The summed E-state index contributed by atoms with van der Waals surface area (Å²) in [7, 11) is 0. The number of amides is 1. The second-order valence-corrected chi connectivity index (χ2v) is 9.23. The minimum Gasteiger partial charge on any atom is -0.489 e. The number of carbonyl (C=O) groups excluding carboxylic acids is 1. The number of aryl methyl sites for hydroxylation is 1. The second kappa shape index (κ2) is 9.68. The third kappa shape index (κ3) is 5.76. The lowest BCUT2D eigenvalue weighted by Gasteiger charge is -2.05. The molecule has 0 atom stereocenters. The van der Waals surface area contributed by atoms with Crippen molar-refractivity contribution in [3.63, 3.8) is 0 Å². The molecule has 0 aliphatic carbocycles. The van der Waals surface area contributed by atoms with Gasteiger partial charge in [-0.15, -0.1) is 11.3 Å². The zero-order valence-corrected chi connectivity index (χ0v) is 19.8. The largest absolute Gasteiger partial charge is 0.489 e. The molecular formula is C23H19BrClN3O2S. The minimum absolute atomic E-state index is 0.204. The molecule has 31 heavy (non-hydrogen) atoms. The summed E-state index contributed by atoms with van der Waals surface area (Å²) in [5.41, 5.74) is 3.15. The molecule has 0 radical (unpaired) electrons. The van der Waals surface area contributed by atoms with Gasteiger partial charge in [-0.25, -0.2) is 0 Å². The third-order valence-corrected chi connectivity index (χ3v) is 6.29. The number of rotatable bonds is 7. The van der Waals surface area contributed by atoms with Crippen LogP contribution in [0.2, 0.25) is 5.02 Å². The number of hydrogen-bond acceptors (Lipinski definition) is 4. The quantitative estimate of drug-likeness (QED) is 0.303. The van der Waals surface area contributed by atoms with Crippen molar-refractivity contribution in [2.45, 2.75) is 20.1 Å². The molecule has 0 saturated carbocycles. The number of nitrogens with zero attached hydrogens (tertiary/aromatic N) is 2. The van der Waals surface area contributed by atoms with Crippen LogP contribution in [-0.2, 0) is 13.2 Å². The highest BCUT2D eigenvalue weighted by Gasteiger charge is 2.14. The minimum atomic E-state index is -0.204. The number of ether oxygens (including phenoxy) is 1. The van der Waals surface area contributed by atoms with E-state index in [0.717, 1.165) is 26.9 Å². The van der Waals surface area contributed by atoms with E-state index in [9.17, 15) is 4.79 Å². The maximum Gasteiger partial charge on any atom is 0.266 e. The molecule has 0 saturated heterocycles. The highest BCUT2D eigenvalue weighted by atomic mass is 79.9. The highest BCUT2D eigenvalue weighted by Crippen LogP contribution is 2.24. The van der Waals surface area contributed by atoms with Gasteiger partial charge in [-0.2, -0.15) is 5.10 Å². The zero-order valence-electron chi connectivity index (χ0n) is 16.6. The fraction of sp³-hybridized carbons (Fsp3) is 0.130. The molecule has 0 spiro atoms. The molecule has 2 aromatic carbocycles. The van der Waals surface area contributed by atoms with Crippen molar-refractivity contribution in [1.29, 1.82) is 0 Å². The number of nitrogens with one attached hydrogen (secondary N) is 1. The average Bonchev–Trinajstić information content (AvgIpc) is 3.35. The van der Waals surface area contributed by atoms with Gasteiger partial charge in [-0.3, -0.25) is 9.48 Å². The van der Waals surface area contributed by atoms with Gasteiger partial charge in [0.1, 0.15) is 12.4 Å². The molecule has 4 aromatic rings. The smallest absolute Gasteiger partial charge is 0.266 e. The lowest BCUT2D eigenvalue weighted by atomic mass is 10.2. The normalized spacial score (nSPS) is 10.8. The van der Waals surface area contributed by atoms with E-state index in [1.165, 1.54) is 11.3 Å². The fourth-order valence-electron chi connectivity index (χ4n) is 2.95. The van der Waals surface area contributed by atoms with E-state index in [0.29, 0.717) is 28.9 Å². The number of thiophene rings is 1. The van der Waals surface area contributed by atoms with Gasteiger partial charge in [0.25, 0.3) is 5.91 Å². The van der Waals surface area contributed by atoms with Crippen molar-refractivity contribution in [1.82, 2.24) is 9.78 Å². The van der Waals surface area contributed by atoms with E-state index in [1.807, 2.05) is 73.1 Å². The van der Waals surface area contributed by atoms with Gasteiger partial charge in [0.2, 0.25) is 0 Å². The highest BCUT2D eigenvalue weighted by molar-refractivity contribution is 9.10. The molecule has 0 bridgehead atoms. The molecule has 0 unspecified atom stereocenters. The number of benzene rings is 2. The Bertz CT molecular complexity index is 1200. The Balaban J connectivity index is 1.37. The van der Waals surface area contributed by atoms with Crippen LogP contribution < -0.4 is 10.1 Å². The van der Waals surface area contributed by atoms with Gasteiger partial charge in [0.15, 0.2) is 5.82 Å². The Morgan fingerprint density at radius 3 is 2.77 bits per heavy atom. The summed E-state index contributed by atoms with van der Waals surface area (Å²) in [4.78, 5) is 13.3. The standard InChI is InChI=1S/C23H19BrClN3O2S/c1-15-3-2-4-19(9-15)30-13-17-10-21(31-14-17)23(29)26-22-20(24)12-28(27-22)11-16-5-7-18(25)8-6-16/h2-10,12,14H,11,13H2,1H3,(H,26,27,29). The maximum absolute atomic E-state index is 12.7. The first-order valence-electron chi connectivity index (χ1n) is 9.52. The number of anilines is 1. The van der Waals surface area contributed by atoms with Crippen LogP contribution in [0.1, 0.15) is 26.4 Å². The Morgan fingerprint density at radius 1 is 1.19 bits per heavy atom. The van der Waals surface area contributed by atoms with Crippen LogP contribution in [0.5, 0.6) is 5.75 Å². The number of halogens is 2. The Morgan fingerprint density at radius 2 is 2.00 bits per heavy atom. The van der Waals surface area contributed by atoms with Gasteiger partial charge in [-0.05, 0) is 69.7 Å². The Kier molecular flexibility index (Phi) is 6.75. The zero-order chi connectivity index (χ0) is 21.8. The SMILES string of the molecule is Cc1cccc(OCc2csc(C(=O)Nc3nn(Cc4ccc(Cl)cc4)cc3Br)c2)c1.